The summed E-state index contributed by atoms with van der Waals surface area (Å²) in [7, 11) is 0. The Morgan fingerprint density at radius 2 is 1.45 bits per heavy atom. The van der Waals surface area contributed by atoms with Gasteiger partial charge in [0, 0.05) is 11.8 Å². The van der Waals surface area contributed by atoms with Gasteiger partial charge in [-0.1, -0.05) is 36.4 Å². The third kappa shape index (κ3) is 4.51. The number of nitrogens with zero attached hydrogens (tertiary/aromatic N) is 2. The molecule has 4 rings (SSSR count). The molecule has 4 N–H and O–H groups in total. The molecule has 170 valence electrons. The van der Waals surface area contributed by atoms with E-state index in [2.05, 4.69) is 9.97 Å². The third-order valence-corrected chi connectivity index (χ3v) is 6.07. The fourth-order valence-corrected chi connectivity index (χ4v) is 3.74. The number of hydrogen-bond donors (Lipinski definition) is 3. The Morgan fingerprint density at radius 1 is 0.818 bits per heavy atom. The maximum atomic E-state index is 12.1. The molecule has 0 fully saturated rings. The van der Waals surface area contributed by atoms with Crippen molar-refractivity contribution in [3.05, 3.63) is 81.8 Å². The second-order valence-electron chi connectivity index (χ2n) is 8.22. The summed E-state index contributed by atoms with van der Waals surface area (Å²) in [6.45, 7) is 11.1. The van der Waals surface area contributed by atoms with Crippen LogP contribution in [0.4, 0.5) is 0 Å². The zero-order valence-electron chi connectivity index (χ0n) is 19.8. The zero-order valence-corrected chi connectivity index (χ0v) is 19.8. The quantitative estimate of drug-likeness (QED) is 0.387. The van der Waals surface area contributed by atoms with Crippen LogP contribution in [0.2, 0.25) is 0 Å². The number of amides is 1. The molecule has 0 aliphatic rings. The number of benzene rings is 2. The summed E-state index contributed by atoms with van der Waals surface area (Å²) in [6, 6.07) is 11.5. The Kier molecular flexibility index (Phi) is 6.68. The first-order valence-electron chi connectivity index (χ1n) is 10.6. The molecule has 33 heavy (non-hydrogen) atoms. The number of primary amides is 1. The molecule has 0 unspecified atom stereocenters. The van der Waals surface area contributed by atoms with Crippen LogP contribution < -0.4 is 5.73 Å². The van der Waals surface area contributed by atoms with E-state index < -0.39 is 5.91 Å². The zero-order chi connectivity index (χ0) is 24.4. The highest BCUT2D eigenvalue weighted by Crippen LogP contribution is 2.35. The van der Waals surface area contributed by atoms with Crippen LogP contribution in [0.25, 0.3) is 22.0 Å². The van der Waals surface area contributed by atoms with Gasteiger partial charge in [0.15, 0.2) is 0 Å². The minimum absolute atomic E-state index is 0.188. The highest BCUT2D eigenvalue weighted by Gasteiger charge is 2.19. The van der Waals surface area contributed by atoms with Crippen molar-refractivity contribution in [3.63, 3.8) is 0 Å². The van der Waals surface area contributed by atoms with Gasteiger partial charge < -0.3 is 15.9 Å². The number of fused-ring (bicyclic) bond motifs is 1. The van der Waals surface area contributed by atoms with Crippen LogP contribution >= 0.6 is 0 Å². The molecule has 2 aromatic heterocycles. The Bertz CT molecular complexity index is 1350. The van der Waals surface area contributed by atoms with Gasteiger partial charge in [-0.15, -0.1) is 0 Å². The summed E-state index contributed by atoms with van der Waals surface area (Å²) in [5.41, 5.74) is 12.3. The highest BCUT2D eigenvalue weighted by molar-refractivity contribution is 6.11. The van der Waals surface area contributed by atoms with E-state index in [9.17, 15) is 15.0 Å². The van der Waals surface area contributed by atoms with Gasteiger partial charge in [0.1, 0.15) is 11.5 Å². The SMILES string of the molecule is Cc1cnc(C)c(O)c1C.Cc1nc(-c2ccc3ccccc3c2C(N)=O)c(C)c(C)c1O. The highest BCUT2D eigenvalue weighted by atomic mass is 16.3. The van der Waals surface area contributed by atoms with Crippen LogP contribution in [0.15, 0.2) is 42.6 Å². The van der Waals surface area contributed by atoms with E-state index in [1.807, 2.05) is 64.1 Å². The lowest BCUT2D eigenvalue weighted by atomic mass is 9.93. The number of aromatic hydroxyl groups is 2. The molecule has 0 aliphatic carbocycles. The monoisotopic (exact) mass is 443 g/mol. The number of pyridine rings is 2. The molecule has 4 aromatic rings. The molecule has 0 radical (unpaired) electrons. The first-order chi connectivity index (χ1) is 15.5. The number of rotatable bonds is 2. The molecule has 0 atom stereocenters. The van der Waals surface area contributed by atoms with Crippen molar-refractivity contribution in [2.75, 3.05) is 0 Å². The van der Waals surface area contributed by atoms with Gasteiger partial charge >= 0.3 is 0 Å². The number of carbonyl (C=O) groups is 1. The fraction of sp³-hybridized carbons (Fsp3) is 0.222. The normalized spacial score (nSPS) is 10.6. The Hall–Kier alpha value is -3.93. The summed E-state index contributed by atoms with van der Waals surface area (Å²) >= 11 is 0. The van der Waals surface area contributed by atoms with Gasteiger partial charge in [-0.2, -0.15) is 0 Å². The molecule has 0 spiro atoms. The van der Waals surface area contributed by atoms with Crippen molar-refractivity contribution < 1.29 is 15.0 Å². The molecule has 1 amide bonds. The van der Waals surface area contributed by atoms with Crippen LogP contribution in [0.5, 0.6) is 11.5 Å². The van der Waals surface area contributed by atoms with Crippen molar-refractivity contribution in [1.29, 1.82) is 0 Å². The molecule has 0 aliphatic heterocycles. The lowest BCUT2D eigenvalue weighted by molar-refractivity contribution is 0.100. The molecule has 2 aromatic carbocycles. The maximum Gasteiger partial charge on any atom is 0.250 e. The van der Waals surface area contributed by atoms with E-state index in [1.54, 1.807) is 20.0 Å². The summed E-state index contributed by atoms with van der Waals surface area (Å²) < 4.78 is 0. The smallest absolute Gasteiger partial charge is 0.250 e. The largest absolute Gasteiger partial charge is 0.506 e. The van der Waals surface area contributed by atoms with Crippen molar-refractivity contribution in [2.45, 2.75) is 41.5 Å². The number of carbonyl (C=O) groups excluding carboxylic acids is 1. The average Bonchev–Trinajstić information content (AvgIpc) is 2.80. The van der Waals surface area contributed by atoms with E-state index in [0.29, 0.717) is 34.0 Å². The van der Waals surface area contributed by atoms with Gasteiger partial charge in [0.05, 0.1) is 22.6 Å². The topological polar surface area (TPSA) is 109 Å². The van der Waals surface area contributed by atoms with Crippen LogP contribution in [0.3, 0.4) is 0 Å². The molecular weight excluding hydrogens is 414 g/mol. The maximum absolute atomic E-state index is 12.1. The first-order valence-corrected chi connectivity index (χ1v) is 10.6. The average molecular weight is 444 g/mol. The van der Waals surface area contributed by atoms with Crippen molar-refractivity contribution in [2.24, 2.45) is 5.73 Å². The minimum Gasteiger partial charge on any atom is -0.506 e. The van der Waals surface area contributed by atoms with Gasteiger partial charge in [0.2, 0.25) is 5.91 Å². The van der Waals surface area contributed by atoms with Crippen LogP contribution in [-0.4, -0.2) is 26.1 Å². The van der Waals surface area contributed by atoms with E-state index in [1.165, 1.54) is 0 Å². The predicted molar refractivity (Wildman–Crippen MR) is 132 cm³/mol. The number of hydrogen-bond acceptors (Lipinski definition) is 5. The number of aryl methyl sites for hydroxylation is 3. The van der Waals surface area contributed by atoms with Gasteiger partial charge in [0.25, 0.3) is 0 Å². The standard InChI is InChI=1S/C19H18N2O2.C8H11NO/c1-10-11(2)18(22)12(3)21-17(10)15-9-8-13-6-4-5-7-14(13)16(15)19(20)23;1-5-4-9-7(3)8(10)6(5)2/h4-9,22H,1-3H3,(H2,20,23);4,10H,1-3H3. The summed E-state index contributed by atoms with van der Waals surface area (Å²) in [5, 5.41) is 21.1. The van der Waals surface area contributed by atoms with Gasteiger partial charge in [-0.25, -0.2) is 4.98 Å². The van der Waals surface area contributed by atoms with Crippen LogP contribution in [0, 0.1) is 41.5 Å². The molecule has 0 saturated heterocycles. The van der Waals surface area contributed by atoms with E-state index >= 15 is 0 Å². The van der Waals surface area contributed by atoms with E-state index in [-0.39, 0.29) is 5.75 Å². The number of nitrogens with two attached hydrogens (primary N) is 1. The minimum atomic E-state index is -0.485. The summed E-state index contributed by atoms with van der Waals surface area (Å²) in [5.74, 6) is 0.0223. The summed E-state index contributed by atoms with van der Waals surface area (Å²) in [4.78, 5) is 20.6. The molecule has 6 nitrogen and oxygen atoms in total. The Morgan fingerprint density at radius 3 is 2.09 bits per heavy atom. The van der Waals surface area contributed by atoms with Crippen LogP contribution in [-0.2, 0) is 0 Å². The fourth-order valence-electron chi connectivity index (χ4n) is 3.74. The molecular formula is C27H29N3O3. The third-order valence-electron chi connectivity index (χ3n) is 6.07. The lowest BCUT2D eigenvalue weighted by Gasteiger charge is -2.15. The number of aromatic nitrogens is 2. The van der Waals surface area contributed by atoms with E-state index in [0.717, 1.165) is 33.0 Å². The van der Waals surface area contributed by atoms with Crippen molar-refractivity contribution >= 4 is 16.7 Å². The molecule has 2 heterocycles. The van der Waals surface area contributed by atoms with Crippen molar-refractivity contribution in [1.82, 2.24) is 9.97 Å². The molecule has 0 bridgehead atoms. The summed E-state index contributed by atoms with van der Waals surface area (Å²) in [6.07, 6.45) is 1.77. The lowest BCUT2D eigenvalue weighted by Crippen LogP contribution is -2.14. The van der Waals surface area contributed by atoms with Crippen molar-refractivity contribution in [3.8, 4) is 22.8 Å². The Balaban J connectivity index is 0.000000257. The molecule has 6 heteroatoms. The first kappa shape index (κ1) is 23.7. The second-order valence-corrected chi connectivity index (χ2v) is 8.22. The van der Waals surface area contributed by atoms with Gasteiger partial charge in [-0.05, 0) is 74.6 Å². The van der Waals surface area contributed by atoms with Crippen LogP contribution in [0.1, 0.15) is 44.0 Å². The predicted octanol–water partition coefficient (Wildman–Crippen LogP) is 5.34. The second kappa shape index (κ2) is 9.28. The van der Waals surface area contributed by atoms with Gasteiger partial charge in [-0.3, -0.25) is 9.78 Å². The van der Waals surface area contributed by atoms with E-state index in [4.69, 9.17) is 5.73 Å². The Labute approximate surface area is 193 Å². The molecule has 0 saturated carbocycles.